The van der Waals surface area contributed by atoms with Crippen LogP contribution in [0.2, 0.25) is 0 Å². The average molecular weight is 184 g/mol. The zero-order valence-electron chi connectivity index (χ0n) is 6.66. The lowest BCUT2D eigenvalue weighted by Gasteiger charge is -1.96. The van der Waals surface area contributed by atoms with Crippen LogP contribution < -0.4 is 5.73 Å². The summed E-state index contributed by atoms with van der Waals surface area (Å²) < 4.78 is 0. The van der Waals surface area contributed by atoms with E-state index in [2.05, 4.69) is 10.2 Å². The van der Waals surface area contributed by atoms with Gasteiger partial charge in [-0.3, -0.25) is 5.10 Å². The van der Waals surface area contributed by atoms with Crippen LogP contribution in [0.1, 0.15) is 5.56 Å². The predicted octanol–water partition coefficient (Wildman–Crippen LogP) is 1.88. The van der Waals surface area contributed by atoms with E-state index in [1.807, 2.05) is 19.1 Å². The van der Waals surface area contributed by atoms with Gasteiger partial charge in [-0.05, 0) is 24.6 Å². The zero-order chi connectivity index (χ0) is 7.84. The van der Waals surface area contributed by atoms with Crippen molar-refractivity contribution >= 4 is 29.0 Å². The molecule has 3 N–H and O–H groups in total. The second-order valence-corrected chi connectivity index (χ2v) is 2.69. The fourth-order valence-electron chi connectivity index (χ4n) is 1.23. The van der Waals surface area contributed by atoms with Gasteiger partial charge in [0.2, 0.25) is 0 Å². The first-order chi connectivity index (χ1) is 5.27. The van der Waals surface area contributed by atoms with Crippen molar-refractivity contribution in [3.63, 3.8) is 0 Å². The minimum absolute atomic E-state index is 0. The van der Waals surface area contributed by atoms with Crippen molar-refractivity contribution in [1.29, 1.82) is 0 Å². The molecule has 0 bridgehead atoms. The van der Waals surface area contributed by atoms with Crippen LogP contribution in [-0.2, 0) is 0 Å². The van der Waals surface area contributed by atoms with E-state index in [4.69, 9.17) is 5.73 Å². The van der Waals surface area contributed by atoms with Gasteiger partial charge in [0, 0.05) is 11.1 Å². The third kappa shape index (κ3) is 1.23. The van der Waals surface area contributed by atoms with E-state index < -0.39 is 0 Å². The minimum Gasteiger partial charge on any atom is -0.398 e. The molecule has 0 saturated carbocycles. The first-order valence-electron chi connectivity index (χ1n) is 3.46. The smallest absolute Gasteiger partial charge is 0.0673 e. The van der Waals surface area contributed by atoms with Gasteiger partial charge in [-0.1, -0.05) is 0 Å². The van der Waals surface area contributed by atoms with Crippen molar-refractivity contribution in [2.75, 3.05) is 5.73 Å². The molecular formula is C8H10ClN3. The van der Waals surface area contributed by atoms with Gasteiger partial charge in [0.15, 0.2) is 0 Å². The average Bonchev–Trinajstić information content (AvgIpc) is 2.34. The number of aromatic amines is 1. The number of fused-ring (bicyclic) bond motifs is 1. The molecule has 2 aromatic rings. The molecular weight excluding hydrogens is 174 g/mol. The Hall–Kier alpha value is -1.22. The van der Waals surface area contributed by atoms with Gasteiger partial charge < -0.3 is 5.73 Å². The second kappa shape index (κ2) is 3.03. The molecule has 3 nitrogen and oxygen atoms in total. The summed E-state index contributed by atoms with van der Waals surface area (Å²) in [5.41, 5.74) is 8.68. The first-order valence-corrected chi connectivity index (χ1v) is 3.46. The molecule has 1 heterocycles. The van der Waals surface area contributed by atoms with Crippen molar-refractivity contribution in [3.8, 4) is 0 Å². The molecule has 0 spiro atoms. The normalized spacial score (nSPS) is 9.75. The van der Waals surface area contributed by atoms with E-state index in [0.717, 1.165) is 22.2 Å². The standard InChI is InChI=1S/C8H9N3.ClH/c1-5-2-7(9)6-4-10-11-8(6)3-5;/h2-4H,9H2,1H3,(H,10,11);1H. The van der Waals surface area contributed by atoms with E-state index in [9.17, 15) is 0 Å². The van der Waals surface area contributed by atoms with Gasteiger partial charge in [0.1, 0.15) is 0 Å². The van der Waals surface area contributed by atoms with Crippen molar-refractivity contribution < 1.29 is 0 Å². The van der Waals surface area contributed by atoms with Crippen LogP contribution in [-0.4, -0.2) is 10.2 Å². The Bertz CT molecular complexity index is 394. The molecule has 2 rings (SSSR count). The number of hydrogen-bond acceptors (Lipinski definition) is 2. The van der Waals surface area contributed by atoms with Gasteiger partial charge >= 0.3 is 0 Å². The summed E-state index contributed by atoms with van der Waals surface area (Å²) >= 11 is 0. The number of H-pyrrole nitrogens is 1. The van der Waals surface area contributed by atoms with E-state index >= 15 is 0 Å². The number of halogens is 1. The molecule has 12 heavy (non-hydrogen) atoms. The third-order valence-corrected chi connectivity index (χ3v) is 1.74. The molecule has 0 aliphatic heterocycles. The summed E-state index contributed by atoms with van der Waals surface area (Å²) in [6.45, 7) is 2.01. The maximum atomic E-state index is 5.74. The highest BCUT2D eigenvalue weighted by molar-refractivity contribution is 5.90. The van der Waals surface area contributed by atoms with Crippen LogP contribution in [0.15, 0.2) is 18.3 Å². The number of aryl methyl sites for hydroxylation is 1. The van der Waals surface area contributed by atoms with E-state index in [0.29, 0.717) is 0 Å². The second-order valence-electron chi connectivity index (χ2n) is 2.69. The summed E-state index contributed by atoms with van der Waals surface area (Å²) in [6.07, 6.45) is 1.74. The van der Waals surface area contributed by atoms with Crippen molar-refractivity contribution in [2.45, 2.75) is 6.92 Å². The lowest BCUT2D eigenvalue weighted by Crippen LogP contribution is -1.86. The molecule has 0 atom stereocenters. The quantitative estimate of drug-likeness (QED) is 0.613. The van der Waals surface area contributed by atoms with Crippen LogP contribution in [0.25, 0.3) is 10.9 Å². The maximum absolute atomic E-state index is 5.74. The Labute approximate surface area is 76.4 Å². The number of nitrogens with two attached hydrogens (primary N) is 1. The van der Waals surface area contributed by atoms with Crippen molar-refractivity contribution in [2.24, 2.45) is 0 Å². The fraction of sp³-hybridized carbons (Fsp3) is 0.125. The van der Waals surface area contributed by atoms with Crippen LogP contribution in [0, 0.1) is 6.92 Å². The highest BCUT2D eigenvalue weighted by Gasteiger charge is 1.99. The first kappa shape index (κ1) is 8.87. The number of nitrogen functional groups attached to an aromatic ring is 1. The molecule has 0 unspecified atom stereocenters. The molecule has 0 fully saturated rings. The number of rotatable bonds is 0. The Kier molecular flexibility index (Phi) is 2.24. The molecule has 64 valence electrons. The van der Waals surface area contributed by atoms with Crippen molar-refractivity contribution in [1.82, 2.24) is 10.2 Å². The molecule has 0 radical (unpaired) electrons. The van der Waals surface area contributed by atoms with Crippen LogP contribution in [0.3, 0.4) is 0 Å². The fourth-order valence-corrected chi connectivity index (χ4v) is 1.23. The Morgan fingerprint density at radius 3 is 2.92 bits per heavy atom. The Balaban J connectivity index is 0.000000720. The summed E-state index contributed by atoms with van der Waals surface area (Å²) in [5.74, 6) is 0. The monoisotopic (exact) mass is 183 g/mol. The number of benzene rings is 1. The SMILES string of the molecule is Cc1cc(N)c2cn[nH]c2c1.Cl. The number of aromatic nitrogens is 2. The molecule has 1 aromatic carbocycles. The van der Waals surface area contributed by atoms with E-state index in [-0.39, 0.29) is 12.4 Å². The number of nitrogens with one attached hydrogen (secondary N) is 1. The molecule has 0 aliphatic carbocycles. The number of nitrogens with zero attached hydrogens (tertiary/aromatic N) is 1. The zero-order valence-corrected chi connectivity index (χ0v) is 7.48. The number of hydrogen-bond donors (Lipinski definition) is 2. The van der Waals surface area contributed by atoms with E-state index in [1.54, 1.807) is 6.20 Å². The number of anilines is 1. The summed E-state index contributed by atoms with van der Waals surface area (Å²) in [5, 5.41) is 7.77. The van der Waals surface area contributed by atoms with Crippen LogP contribution >= 0.6 is 12.4 Å². The van der Waals surface area contributed by atoms with Gasteiger partial charge in [-0.2, -0.15) is 5.10 Å². The van der Waals surface area contributed by atoms with Crippen molar-refractivity contribution in [3.05, 3.63) is 23.9 Å². The lowest BCUT2D eigenvalue weighted by atomic mass is 10.1. The Morgan fingerprint density at radius 1 is 1.42 bits per heavy atom. The highest BCUT2D eigenvalue weighted by atomic mass is 35.5. The van der Waals surface area contributed by atoms with Gasteiger partial charge in [-0.15, -0.1) is 12.4 Å². The molecule has 4 heteroatoms. The largest absolute Gasteiger partial charge is 0.398 e. The molecule has 0 aliphatic rings. The Morgan fingerprint density at radius 2 is 2.17 bits per heavy atom. The van der Waals surface area contributed by atoms with E-state index in [1.165, 1.54) is 0 Å². The summed E-state index contributed by atoms with van der Waals surface area (Å²) in [6, 6.07) is 3.97. The van der Waals surface area contributed by atoms with Gasteiger partial charge in [0.25, 0.3) is 0 Å². The molecule has 0 saturated heterocycles. The minimum atomic E-state index is 0. The molecule has 1 aromatic heterocycles. The summed E-state index contributed by atoms with van der Waals surface area (Å²) in [7, 11) is 0. The summed E-state index contributed by atoms with van der Waals surface area (Å²) in [4.78, 5) is 0. The van der Waals surface area contributed by atoms with Gasteiger partial charge in [0.05, 0.1) is 11.7 Å². The third-order valence-electron chi connectivity index (χ3n) is 1.74. The molecule has 0 amide bonds. The van der Waals surface area contributed by atoms with Crippen LogP contribution in [0.4, 0.5) is 5.69 Å². The lowest BCUT2D eigenvalue weighted by molar-refractivity contribution is 1.12. The topological polar surface area (TPSA) is 54.7 Å². The predicted molar refractivity (Wildman–Crippen MR) is 52.5 cm³/mol. The van der Waals surface area contributed by atoms with Crippen LogP contribution in [0.5, 0.6) is 0 Å². The highest BCUT2D eigenvalue weighted by Crippen LogP contribution is 2.19. The van der Waals surface area contributed by atoms with Gasteiger partial charge in [-0.25, -0.2) is 0 Å². The maximum Gasteiger partial charge on any atom is 0.0673 e.